The van der Waals surface area contributed by atoms with Gasteiger partial charge in [-0.2, -0.15) is 0 Å². The lowest BCUT2D eigenvalue weighted by Gasteiger charge is -2.10. The van der Waals surface area contributed by atoms with Crippen molar-refractivity contribution in [1.82, 2.24) is 4.57 Å². The topological polar surface area (TPSA) is 35.8 Å². The molecule has 1 aromatic heterocycles. The van der Waals surface area contributed by atoms with Gasteiger partial charge in [-0.3, -0.25) is 4.99 Å². The summed E-state index contributed by atoms with van der Waals surface area (Å²) in [6, 6.07) is 16.8. The Morgan fingerprint density at radius 2 is 1.79 bits per heavy atom. The molecular formula is C24H26N2O2. The lowest BCUT2D eigenvalue weighted by atomic mass is 10.1. The summed E-state index contributed by atoms with van der Waals surface area (Å²) in [5.74, 6) is 1.53. The maximum atomic E-state index is 5.43. The zero-order valence-corrected chi connectivity index (χ0v) is 16.7. The molecule has 3 aromatic rings. The van der Waals surface area contributed by atoms with Gasteiger partial charge in [0.15, 0.2) is 11.5 Å². The smallest absolute Gasteiger partial charge is 0.231 e. The van der Waals surface area contributed by atoms with E-state index in [1.54, 1.807) is 0 Å². The van der Waals surface area contributed by atoms with Gasteiger partial charge in [-0.25, -0.2) is 0 Å². The van der Waals surface area contributed by atoms with Crippen LogP contribution in [0.25, 0.3) is 5.69 Å². The molecule has 0 spiro atoms. The number of aliphatic imine (C=N–C) groups is 1. The van der Waals surface area contributed by atoms with E-state index in [0.29, 0.717) is 0 Å². The summed E-state index contributed by atoms with van der Waals surface area (Å²) in [5, 5.41) is 0. The van der Waals surface area contributed by atoms with Gasteiger partial charge in [-0.15, -0.1) is 0 Å². The summed E-state index contributed by atoms with van der Waals surface area (Å²) in [6.07, 6.45) is 5.53. The third-order valence-electron chi connectivity index (χ3n) is 5.19. The zero-order valence-electron chi connectivity index (χ0n) is 16.7. The third-order valence-corrected chi connectivity index (χ3v) is 5.19. The molecule has 144 valence electrons. The quantitative estimate of drug-likeness (QED) is 0.502. The van der Waals surface area contributed by atoms with E-state index in [2.05, 4.69) is 60.7 Å². The van der Waals surface area contributed by atoms with Gasteiger partial charge in [-0.05, 0) is 62.6 Å². The average Bonchev–Trinajstić information content (AvgIpc) is 3.28. The number of aromatic nitrogens is 1. The van der Waals surface area contributed by atoms with Gasteiger partial charge in [0.05, 0.1) is 5.69 Å². The second-order valence-electron chi connectivity index (χ2n) is 7.23. The maximum absolute atomic E-state index is 5.43. The number of rotatable bonds is 6. The first-order valence-electron chi connectivity index (χ1n) is 9.87. The number of hydrogen-bond donors (Lipinski definition) is 0. The molecular weight excluding hydrogens is 348 g/mol. The van der Waals surface area contributed by atoms with Crippen LogP contribution in [0.4, 0.5) is 5.69 Å². The first-order valence-corrected chi connectivity index (χ1v) is 9.87. The van der Waals surface area contributed by atoms with Gasteiger partial charge in [0.2, 0.25) is 6.79 Å². The molecule has 0 atom stereocenters. The van der Waals surface area contributed by atoms with E-state index >= 15 is 0 Å². The highest BCUT2D eigenvalue weighted by molar-refractivity contribution is 5.84. The van der Waals surface area contributed by atoms with Crippen LogP contribution >= 0.6 is 0 Å². The normalized spacial score (nSPS) is 12.8. The van der Waals surface area contributed by atoms with Crippen LogP contribution in [-0.4, -0.2) is 17.6 Å². The molecule has 4 nitrogen and oxygen atoms in total. The van der Waals surface area contributed by atoms with Gasteiger partial charge in [-0.1, -0.05) is 25.5 Å². The number of aryl methyl sites for hydroxylation is 2. The van der Waals surface area contributed by atoms with E-state index in [1.807, 2.05) is 24.4 Å². The number of nitrogens with zero attached hydrogens (tertiary/aromatic N) is 2. The summed E-state index contributed by atoms with van der Waals surface area (Å²) in [6.45, 7) is 6.78. The Kier molecular flexibility index (Phi) is 5.20. The standard InChI is InChI=1S/C24H26N2O2/c1-4-5-6-19-7-10-22(11-8-19)26-17(2)13-20(18(26)3)15-25-21-9-12-23-24(14-21)28-16-27-23/h7-15H,4-6,16H2,1-3H3. The SMILES string of the molecule is CCCCc1ccc(-n2c(C)cc(C=Nc3ccc4c(c3)OCO4)c2C)cc1. The van der Waals surface area contributed by atoms with Crippen molar-refractivity contribution < 1.29 is 9.47 Å². The van der Waals surface area contributed by atoms with Crippen molar-refractivity contribution >= 4 is 11.9 Å². The van der Waals surface area contributed by atoms with Crippen molar-refractivity contribution in [3.05, 3.63) is 71.0 Å². The number of hydrogen-bond acceptors (Lipinski definition) is 3. The van der Waals surface area contributed by atoms with E-state index in [4.69, 9.17) is 9.47 Å². The largest absolute Gasteiger partial charge is 0.454 e. The Labute approximate surface area is 166 Å². The van der Waals surface area contributed by atoms with Crippen LogP contribution in [0.2, 0.25) is 0 Å². The molecule has 2 heterocycles. The van der Waals surface area contributed by atoms with Gasteiger partial charge in [0, 0.05) is 34.9 Å². The molecule has 0 saturated carbocycles. The molecule has 1 aliphatic rings. The Morgan fingerprint density at radius 1 is 1.00 bits per heavy atom. The van der Waals surface area contributed by atoms with Crippen molar-refractivity contribution in [2.24, 2.45) is 4.99 Å². The molecule has 1 aliphatic heterocycles. The number of unbranched alkanes of at least 4 members (excludes halogenated alkanes) is 1. The van der Waals surface area contributed by atoms with Crippen LogP contribution in [0.3, 0.4) is 0 Å². The summed E-state index contributed by atoms with van der Waals surface area (Å²) in [4.78, 5) is 4.64. The minimum atomic E-state index is 0.279. The van der Waals surface area contributed by atoms with Crippen molar-refractivity contribution in [2.45, 2.75) is 40.0 Å². The summed E-state index contributed by atoms with van der Waals surface area (Å²) < 4.78 is 13.1. The minimum absolute atomic E-state index is 0.279. The van der Waals surface area contributed by atoms with E-state index in [9.17, 15) is 0 Å². The highest BCUT2D eigenvalue weighted by Gasteiger charge is 2.13. The van der Waals surface area contributed by atoms with Crippen LogP contribution in [0.1, 0.15) is 42.3 Å². The van der Waals surface area contributed by atoms with Crippen LogP contribution in [0, 0.1) is 13.8 Å². The molecule has 0 bridgehead atoms. The van der Waals surface area contributed by atoms with Crippen LogP contribution in [0.5, 0.6) is 11.5 Å². The van der Waals surface area contributed by atoms with Crippen LogP contribution < -0.4 is 9.47 Å². The average molecular weight is 374 g/mol. The highest BCUT2D eigenvalue weighted by Crippen LogP contribution is 2.35. The molecule has 0 fully saturated rings. The molecule has 0 radical (unpaired) electrons. The van der Waals surface area contributed by atoms with E-state index < -0.39 is 0 Å². The highest BCUT2D eigenvalue weighted by atomic mass is 16.7. The molecule has 0 unspecified atom stereocenters. The minimum Gasteiger partial charge on any atom is -0.454 e. The zero-order chi connectivity index (χ0) is 19.5. The summed E-state index contributed by atoms with van der Waals surface area (Å²) >= 11 is 0. The predicted octanol–water partition coefficient (Wildman–Crippen LogP) is 5.92. The molecule has 2 aromatic carbocycles. The Bertz CT molecular complexity index is 1000. The third kappa shape index (κ3) is 3.68. The fourth-order valence-corrected chi connectivity index (χ4v) is 3.62. The Balaban J connectivity index is 1.57. The second kappa shape index (κ2) is 7.93. The number of fused-ring (bicyclic) bond motifs is 1. The molecule has 0 saturated heterocycles. The van der Waals surface area contributed by atoms with Gasteiger partial charge in [0.1, 0.15) is 0 Å². The molecule has 0 aliphatic carbocycles. The lowest BCUT2D eigenvalue weighted by molar-refractivity contribution is 0.174. The maximum Gasteiger partial charge on any atom is 0.231 e. The Morgan fingerprint density at radius 3 is 2.57 bits per heavy atom. The first-order chi connectivity index (χ1) is 13.7. The van der Waals surface area contributed by atoms with Crippen molar-refractivity contribution in [1.29, 1.82) is 0 Å². The van der Waals surface area contributed by atoms with Crippen LogP contribution in [0.15, 0.2) is 53.5 Å². The van der Waals surface area contributed by atoms with Gasteiger partial charge < -0.3 is 14.0 Å². The van der Waals surface area contributed by atoms with Gasteiger partial charge >= 0.3 is 0 Å². The van der Waals surface area contributed by atoms with E-state index in [0.717, 1.165) is 29.2 Å². The van der Waals surface area contributed by atoms with Crippen molar-refractivity contribution in [2.75, 3.05) is 6.79 Å². The summed E-state index contributed by atoms with van der Waals surface area (Å²) in [5.41, 5.74) is 6.95. The summed E-state index contributed by atoms with van der Waals surface area (Å²) in [7, 11) is 0. The fraction of sp³-hybridized carbons (Fsp3) is 0.292. The molecule has 28 heavy (non-hydrogen) atoms. The molecule has 0 N–H and O–H groups in total. The van der Waals surface area contributed by atoms with E-state index in [1.165, 1.54) is 35.5 Å². The van der Waals surface area contributed by atoms with Crippen molar-refractivity contribution in [3.8, 4) is 17.2 Å². The van der Waals surface area contributed by atoms with Crippen molar-refractivity contribution in [3.63, 3.8) is 0 Å². The molecule has 4 heteroatoms. The van der Waals surface area contributed by atoms with E-state index in [-0.39, 0.29) is 6.79 Å². The van der Waals surface area contributed by atoms with Gasteiger partial charge in [0.25, 0.3) is 0 Å². The predicted molar refractivity (Wildman–Crippen MR) is 114 cm³/mol. The number of ether oxygens (including phenoxy) is 2. The van der Waals surface area contributed by atoms with Crippen LogP contribution in [-0.2, 0) is 6.42 Å². The molecule has 4 rings (SSSR count). The monoisotopic (exact) mass is 374 g/mol. The molecule has 0 amide bonds. The lowest BCUT2D eigenvalue weighted by Crippen LogP contribution is -2.00. The first kappa shape index (κ1) is 18.4. The number of benzene rings is 2. The fourth-order valence-electron chi connectivity index (χ4n) is 3.62. The second-order valence-corrected chi connectivity index (χ2v) is 7.23. The Hall–Kier alpha value is -3.01.